The van der Waals surface area contributed by atoms with Crippen molar-refractivity contribution < 1.29 is 4.18 Å². The van der Waals surface area contributed by atoms with Crippen molar-refractivity contribution in [2.45, 2.75) is 6.42 Å². The first-order valence-corrected chi connectivity index (χ1v) is 6.55. The highest BCUT2D eigenvalue weighted by molar-refractivity contribution is 8.54. The van der Waals surface area contributed by atoms with Crippen molar-refractivity contribution in [2.75, 3.05) is 12.4 Å². The quantitative estimate of drug-likeness (QED) is 0.522. The Balaban J connectivity index is 2.67. The van der Waals surface area contributed by atoms with E-state index in [0.717, 1.165) is 6.42 Å². The van der Waals surface area contributed by atoms with Gasteiger partial charge in [0.2, 0.25) is 0 Å². The lowest BCUT2D eigenvalue weighted by molar-refractivity contribution is 0.320. The van der Waals surface area contributed by atoms with Gasteiger partial charge in [-0.3, -0.25) is 0 Å². The van der Waals surface area contributed by atoms with Crippen LogP contribution in [0.3, 0.4) is 0 Å². The van der Waals surface area contributed by atoms with E-state index in [0.29, 0.717) is 12.4 Å². The molecule has 0 spiro atoms. The van der Waals surface area contributed by atoms with E-state index in [1.54, 1.807) is 0 Å². The Morgan fingerprint density at radius 1 is 1.60 bits per heavy atom. The average Bonchev–Trinajstić information content (AvgIpc) is 1.86. The predicted molar refractivity (Wildman–Crippen MR) is 49.9 cm³/mol. The Kier molecular flexibility index (Phi) is 2.64. The smallest absolute Gasteiger partial charge is 0.0632 e. The first kappa shape index (κ1) is 8.41. The Bertz CT molecular complexity index is 247. The second kappa shape index (κ2) is 3.14. The summed E-state index contributed by atoms with van der Waals surface area (Å²) >= 11 is 10.0. The highest BCUT2D eigenvalue weighted by Gasteiger charge is 2.17. The highest BCUT2D eigenvalue weighted by Crippen LogP contribution is 2.15. The van der Waals surface area contributed by atoms with E-state index in [1.807, 2.05) is 0 Å². The molecule has 1 fully saturated rings. The van der Waals surface area contributed by atoms with Crippen LogP contribution in [0.1, 0.15) is 6.42 Å². The summed E-state index contributed by atoms with van der Waals surface area (Å²) in [5.74, 6) is 3.65. The summed E-state index contributed by atoms with van der Waals surface area (Å²) in [6.07, 6.45) is 6.15. The second-order valence-electron chi connectivity index (χ2n) is 2.20. The molecule has 1 aliphatic heterocycles. The maximum Gasteiger partial charge on any atom is 0.0632 e. The van der Waals surface area contributed by atoms with Crippen LogP contribution in [0.5, 0.6) is 0 Å². The van der Waals surface area contributed by atoms with Crippen LogP contribution in [0.4, 0.5) is 0 Å². The molecular weight excluding hydrogens is 184 g/mol. The maximum atomic E-state index is 5.24. The van der Waals surface area contributed by atoms with Crippen LogP contribution in [0.2, 0.25) is 0 Å². The molecule has 56 valence electrons. The summed E-state index contributed by atoms with van der Waals surface area (Å²) in [4.78, 5) is 0. The van der Waals surface area contributed by atoms with E-state index >= 15 is 0 Å². The molecule has 0 radical (unpaired) electrons. The van der Waals surface area contributed by atoms with E-state index in [9.17, 15) is 0 Å². The summed E-state index contributed by atoms with van der Waals surface area (Å²) in [5, 5.41) is 0. The molecule has 0 aromatic carbocycles. The van der Waals surface area contributed by atoms with Crippen LogP contribution in [0, 0.1) is 18.3 Å². The Labute approximate surface area is 71.2 Å². The van der Waals surface area contributed by atoms with E-state index in [1.165, 1.54) is 0 Å². The Hall–Kier alpha value is 0.310. The lowest BCUT2D eigenvalue weighted by Crippen LogP contribution is -2.23. The van der Waals surface area contributed by atoms with Crippen LogP contribution in [0.25, 0.3) is 0 Å². The fourth-order valence-electron chi connectivity index (χ4n) is 0.827. The van der Waals surface area contributed by atoms with Gasteiger partial charge in [-0.1, -0.05) is 0 Å². The first-order valence-electron chi connectivity index (χ1n) is 2.97. The largest absolute Gasteiger partial charge is 0.310 e. The maximum absolute atomic E-state index is 5.24. The van der Waals surface area contributed by atoms with Gasteiger partial charge in [0.15, 0.2) is 0 Å². The summed E-state index contributed by atoms with van der Waals surface area (Å²) in [6.45, 7) is 0.650. The van der Waals surface area contributed by atoms with Crippen molar-refractivity contribution in [3.63, 3.8) is 0 Å². The van der Waals surface area contributed by atoms with E-state index in [2.05, 4.69) is 5.92 Å². The third-order valence-electron chi connectivity index (χ3n) is 1.37. The molecule has 0 aliphatic carbocycles. The van der Waals surface area contributed by atoms with Gasteiger partial charge in [-0.05, 0) is 28.8 Å². The van der Waals surface area contributed by atoms with Crippen molar-refractivity contribution in [3.8, 4) is 12.3 Å². The molecule has 1 heterocycles. The molecule has 0 bridgehead atoms. The molecule has 1 unspecified atom stereocenters. The van der Waals surface area contributed by atoms with Crippen LogP contribution in [0.15, 0.2) is 0 Å². The Morgan fingerprint density at radius 2 is 2.30 bits per heavy atom. The minimum atomic E-state index is -1.62. The molecule has 0 aromatic rings. The van der Waals surface area contributed by atoms with Gasteiger partial charge in [-0.25, -0.2) is 0 Å². The van der Waals surface area contributed by atoms with Gasteiger partial charge in [0.1, 0.15) is 0 Å². The number of rotatable bonds is 0. The van der Waals surface area contributed by atoms with Gasteiger partial charge in [0, 0.05) is 19.1 Å². The molecular formula is C6H8OS3. The minimum Gasteiger partial charge on any atom is -0.310 e. The molecule has 1 aliphatic rings. The molecule has 1 rings (SSSR count). The third kappa shape index (κ3) is 2.17. The number of hydrogen-bond acceptors (Lipinski definition) is 3. The molecule has 1 nitrogen and oxygen atoms in total. The minimum absolute atomic E-state index is 0.263. The highest BCUT2D eigenvalue weighted by atomic mass is 33.1. The van der Waals surface area contributed by atoms with Crippen molar-refractivity contribution in [1.29, 1.82) is 0 Å². The summed E-state index contributed by atoms with van der Waals surface area (Å²) in [5.41, 5.74) is 0. The fourth-order valence-corrected chi connectivity index (χ4v) is 3.42. The summed E-state index contributed by atoms with van der Waals surface area (Å²) < 4.78 is 5.21. The SMILES string of the molecule is C#CC1CCOS(=S)(=S)C1. The van der Waals surface area contributed by atoms with Gasteiger partial charge in [0.05, 0.1) is 6.61 Å². The molecule has 4 heteroatoms. The van der Waals surface area contributed by atoms with Crippen LogP contribution < -0.4 is 0 Å². The van der Waals surface area contributed by atoms with Crippen molar-refractivity contribution >= 4 is 29.8 Å². The molecule has 1 saturated heterocycles. The molecule has 0 aromatic heterocycles. The number of hydrogen-bond donors (Lipinski definition) is 0. The van der Waals surface area contributed by atoms with Gasteiger partial charge in [0.25, 0.3) is 0 Å². The molecule has 1 atom stereocenters. The molecule has 10 heavy (non-hydrogen) atoms. The van der Waals surface area contributed by atoms with Crippen LogP contribution >= 0.6 is 0 Å². The van der Waals surface area contributed by atoms with E-state index in [-0.39, 0.29) is 5.92 Å². The van der Waals surface area contributed by atoms with Gasteiger partial charge in [-0.15, -0.1) is 12.3 Å². The van der Waals surface area contributed by atoms with Gasteiger partial charge < -0.3 is 4.18 Å². The zero-order valence-electron chi connectivity index (χ0n) is 5.41. The first-order chi connectivity index (χ1) is 4.64. The summed E-state index contributed by atoms with van der Waals surface area (Å²) in [7, 11) is -1.62. The zero-order chi connectivity index (χ0) is 7.61. The van der Waals surface area contributed by atoms with Crippen molar-refractivity contribution in [2.24, 2.45) is 5.92 Å². The van der Waals surface area contributed by atoms with E-state index in [4.69, 9.17) is 33.0 Å². The topological polar surface area (TPSA) is 9.23 Å². The lowest BCUT2D eigenvalue weighted by Gasteiger charge is -2.21. The van der Waals surface area contributed by atoms with Crippen molar-refractivity contribution in [1.82, 2.24) is 0 Å². The second-order valence-corrected chi connectivity index (χ2v) is 7.75. The Morgan fingerprint density at radius 3 is 2.70 bits per heavy atom. The van der Waals surface area contributed by atoms with E-state index < -0.39 is 7.43 Å². The van der Waals surface area contributed by atoms with Crippen molar-refractivity contribution in [3.05, 3.63) is 0 Å². The monoisotopic (exact) mass is 192 g/mol. The third-order valence-corrected chi connectivity index (χ3v) is 4.10. The molecule has 0 N–H and O–H groups in total. The van der Waals surface area contributed by atoms with Gasteiger partial charge in [-0.2, -0.15) is 0 Å². The molecule has 0 saturated carbocycles. The number of terminal acetylenes is 1. The lowest BCUT2D eigenvalue weighted by atomic mass is 10.1. The zero-order valence-corrected chi connectivity index (χ0v) is 7.86. The fraction of sp³-hybridized carbons (Fsp3) is 0.667. The summed E-state index contributed by atoms with van der Waals surface area (Å²) in [6, 6.07) is 0. The normalized spacial score (nSPS) is 30.9. The van der Waals surface area contributed by atoms with Crippen LogP contribution in [-0.2, 0) is 34.0 Å². The molecule has 0 amide bonds. The predicted octanol–water partition coefficient (Wildman–Crippen LogP) is 0.649. The van der Waals surface area contributed by atoms with Crippen LogP contribution in [-0.4, -0.2) is 12.4 Å². The average molecular weight is 192 g/mol. The standard InChI is InChI=1S/C6H8OS3/c1-2-6-3-4-7-10(8,9)5-6/h1,6H,3-5H2. The van der Waals surface area contributed by atoms with Gasteiger partial charge >= 0.3 is 0 Å².